The normalized spacial score (nSPS) is 12.1. The standard InChI is InChI=1S/C14H24N4O2S/c1-5-9-18-12(4)16-17-14(18)21-11(3)13(19)15-8-7-10-20-6-2/h5,11H,1,6-10H2,2-4H3,(H,15,19). The fourth-order valence-corrected chi connectivity index (χ4v) is 2.60. The number of carbonyl (C=O) groups excluding carboxylic acids is 1. The highest BCUT2D eigenvalue weighted by atomic mass is 32.2. The fourth-order valence-electron chi connectivity index (χ4n) is 1.67. The highest BCUT2D eigenvalue weighted by molar-refractivity contribution is 8.00. The van der Waals surface area contributed by atoms with Crippen LogP contribution in [0.4, 0.5) is 0 Å². The van der Waals surface area contributed by atoms with Crippen LogP contribution >= 0.6 is 11.8 Å². The van der Waals surface area contributed by atoms with E-state index in [2.05, 4.69) is 22.1 Å². The maximum atomic E-state index is 12.0. The minimum absolute atomic E-state index is 0.00213. The first kappa shape index (κ1) is 17.7. The summed E-state index contributed by atoms with van der Waals surface area (Å²) in [5.41, 5.74) is 0. The van der Waals surface area contributed by atoms with Gasteiger partial charge in [0.05, 0.1) is 5.25 Å². The summed E-state index contributed by atoms with van der Waals surface area (Å²) in [6.07, 6.45) is 2.61. The van der Waals surface area contributed by atoms with Crippen molar-refractivity contribution < 1.29 is 9.53 Å². The smallest absolute Gasteiger partial charge is 0.233 e. The molecule has 0 aromatic carbocycles. The minimum Gasteiger partial charge on any atom is -0.382 e. The van der Waals surface area contributed by atoms with Crippen LogP contribution in [0.15, 0.2) is 17.8 Å². The van der Waals surface area contributed by atoms with Crippen LogP contribution in [0.2, 0.25) is 0 Å². The van der Waals surface area contributed by atoms with Crippen molar-refractivity contribution in [2.45, 2.75) is 44.1 Å². The van der Waals surface area contributed by atoms with Gasteiger partial charge in [0.25, 0.3) is 0 Å². The van der Waals surface area contributed by atoms with Crippen LogP contribution in [0.1, 0.15) is 26.1 Å². The van der Waals surface area contributed by atoms with E-state index in [1.165, 1.54) is 11.8 Å². The Hall–Kier alpha value is -1.34. The van der Waals surface area contributed by atoms with Crippen molar-refractivity contribution in [1.29, 1.82) is 0 Å². The molecule has 1 aromatic heterocycles. The van der Waals surface area contributed by atoms with E-state index in [4.69, 9.17) is 4.74 Å². The number of hydrogen-bond acceptors (Lipinski definition) is 5. The van der Waals surface area contributed by atoms with Crippen LogP contribution in [-0.4, -0.2) is 45.7 Å². The molecule has 0 aliphatic carbocycles. The molecule has 118 valence electrons. The molecule has 0 saturated carbocycles. The number of amides is 1. The number of ether oxygens (including phenoxy) is 1. The average Bonchev–Trinajstić information content (AvgIpc) is 2.80. The zero-order chi connectivity index (χ0) is 15.7. The van der Waals surface area contributed by atoms with Crippen molar-refractivity contribution in [1.82, 2.24) is 20.1 Å². The topological polar surface area (TPSA) is 69.0 Å². The van der Waals surface area contributed by atoms with Crippen LogP contribution in [0.3, 0.4) is 0 Å². The number of thioether (sulfide) groups is 1. The predicted molar refractivity (Wildman–Crippen MR) is 84.4 cm³/mol. The Kier molecular flexibility index (Phi) is 8.07. The summed E-state index contributed by atoms with van der Waals surface area (Å²) >= 11 is 1.41. The van der Waals surface area contributed by atoms with Crippen LogP contribution in [0.5, 0.6) is 0 Å². The van der Waals surface area contributed by atoms with Crippen molar-refractivity contribution in [3.05, 3.63) is 18.5 Å². The van der Waals surface area contributed by atoms with Gasteiger partial charge < -0.3 is 14.6 Å². The lowest BCUT2D eigenvalue weighted by molar-refractivity contribution is -0.120. The Morgan fingerprint density at radius 2 is 2.33 bits per heavy atom. The van der Waals surface area contributed by atoms with Crippen molar-refractivity contribution in [2.75, 3.05) is 19.8 Å². The van der Waals surface area contributed by atoms with E-state index < -0.39 is 0 Å². The Morgan fingerprint density at radius 1 is 1.57 bits per heavy atom. The lowest BCUT2D eigenvalue weighted by Gasteiger charge is -2.12. The van der Waals surface area contributed by atoms with Gasteiger partial charge in [-0.25, -0.2) is 0 Å². The van der Waals surface area contributed by atoms with Gasteiger partial charge in [0.1, 0.15) is 5.82 Å². The van der Waals surface area contributed by atoms with E-state index in [1.54, 1.807) is 6.08 Å². The third-order valence-electron chi connectivity index (χ3n) is 2.83. The van der Waals surface area contributed by atoms with E-state index in [1.807, 2.05) is 25.3 Å². The van der Waals surface area contributed by atoms with Crippen LogP contribution in [0.25, 0.3) is 0 Å². The molecule has 6 nitrogen and oxygen atoms in total. The number of carbonyl (C=O) groups is 1. The molecule has 0 aliphatic rings. The van der Waals surface area contributed by atoms with Crippen LogP contribution in [0, 0.1) is 6.92 Å². The molecule has 1 atom stereocenters. The lowest BCUT2D eigenvalue weighted by Crippen LogP contribution is -2.32. The Labute approximate surface area is 130 Å². The molecule has 1 heterocycles. The molecule has 0 aliphatic heterocycles. The van der Waals surface area contributed by atoms with Gasteiger partial charge in [0, 0.05) is 26.3 Å². The van der Waals surface area contributed by atoms with Gasteiger partial charge in [-0.05, 0) is 27.2 Å². The Morgan fingerprint density at radius 3 is 3.00 bits per heavy atom. The maximum Gasteiger partial charge on any atom is 0.233 e. The van der Waals surface area contributed by atoms with E-state index in [9.17, 15) is 4.79 Å². The number of nitrogens with zero attached hydrogens (tertiary/aromatic N) is 3. The molecule has 1 aromatic rings. The number of aryl methyl sites for hydroxylation is 1. The third kappa shape index (κ3) is 5.89. The highest BCUT2D eigenvalue weighted by Crippen LogP contribution is 2.22. The highest BCUT2D eigenvalue weighted by Gasteiger charge is 2.18. The largest absolute Gasteiger partial charge is 0.382 e. The van der Waals surface area contributed by atoms with Gasteiger partial charge in [-0.2, -0.15) is 0 Å². The number of rotatable bonds is 10. The van der Waals surface area contributed by atoms with E-state index in [0.717, 1.165) is 17.4 Å². The van der Waals surface area contributed by atoms with E-state index >= 15 is 0 Å². The maximum absolute atomic E-state index is 12.0. The summed E-state index contributed by atoms with van der Waals surface area (Å²) < 4.78 is 7.17. The summed E-state index contributed by atoms with van der Waals surface area (Å²) in [5, 5.41) is 11.6. The summed E-state index contributed by atoms with van der Waals surface area (Å²) in [7, 11) is 0. The second-order valence-corrected chi connectivity index (χ2v) is 5.84. The van der Waals surface area contributed by atoms with Gasteiger partial charge in [0.15, 0.2) is 5.16 Å². The zero-order valence-corrected chi connectivity index (χ0v) is 13.8. The summed E-state index contributed by atoms with van der Waals surface area (Å²) in [6.45, 7) is 12.1. The summed E-state index contributed by atoms with van der Waals surface area (Å²) in [6, 6.07) is 0. The van der Waals surface area contributed by atoms with Gasteiger partial charge >= 0.3 is 0 Å². The lowest BCUT2D eigenvalue weighted by atomic mass is 10.4. The SMILES string of the molecule is C=CCn1c(C)nnc1SC(C)C(=O)NCCCOCC. The van der Waals surface area contributed by atoms with E-state index in [0.29, 0.717) is 26.3 Å². The molecule has 0 fully saturated rings. The summed E-state index contributed by atoms with van der Waals surface area (Å²) in [4.78, 5) is 12.0. The zero-order valence-electron chi connectivity index (χ0n) is 13.0. The number of hydrogen-bond donors (Lipinski definition) is 1. The van der Waals surface area contributed by atoms with Gasteiger partial charge in [0.2, 0.25) is 5.91 Å². The monoisotopic (exact) mass is 312 g/mol. The molecular weight excluding hydrogens is 288 g/mol. The molecule has 1 N–H and O–H groups in total. The molecular formula is C14H24N4O2S. The molecule has 0 radical (unpaired) electrons. The molecule has 1 unspecified atom stereocenters. The number of aromatic nitrogens is 3. The van der Waals surface area contributed by atoms with Gasteiger partial charge in [-0.15, -0.1) is 16.8 Å². The fraction of sp³-hybridized carbons (Fsp3) is 0.643. The molecule has 1 amide bonds. The number of allylic oxidation sites excluding steroid dienone is 1. The predicted octanol–water partition coefficient (Wildman–Crippen LogP) is 1.80. The van der Waals surface area contributed by atoms with Crippen LogP contribution in [-0.2, 0) is 16.1 Å². The molecule has 21 heavy (non-hydrogen) atoms. The Balaban J connectivity index is 2.43. The third-order valence-corrected chi connectivity index (χ3v) is 3.91. The van der Waals surface area contributed by atoms with Crippen LogP contribution < -0.4 is 5.32 Å². The summed E-state index contributed by atoms with van der Waals surface area (Å²) in [5.74, 6) is 0.823. The van der Waals surface area contributed by atoms with Crippen molar-refractivity contribution in [3.8, 4) is 0 Å². The first-order valence-corrected chi connectivity index (χ1v) is 8.00. The second-order valence-electron chi connectivity index (χ2n) is 4.53. The molecule has 7 heteroatoms. The van der Waals surface area contributed by atoms with Crippen molar-refractivity contribution >= 4 is 17.7 Å². The van der Waals surface area contributed by atoms with E-state index in [-0.39, 0.29) is 11.2 Å². The number of nitrogens with one attached hydrogen (secondary N) is 1. The molecule has 0 saturated heterocycles. The van der Waals surface area contributed by atoms with Crippen molar-refractivity contribution in [2.24, 2.45) is 0 Å². The van der Waals surface area contributed by atoms with Gasteiger partial charge in [-0.3, -0.25) is 4.79 Å². The second kappa shape index (κ2) is 9.57. The first-order valence-electron chi connectivity index (χ1n) is 7.13. The van der Waals surface area contributed by atoms with Crippen molar-refractivity contribution in [3.63, 3.8) is 0 Å². The first-order chi connectivity index (χ1) is 10.1. The molecule has 0 bridgehead atoms. The Bertz CT molecular complexity index is 462. The molecule has 0 spiro atoms. The minimum atomic E-state index is -0.218. The van der Waals surface area contributed by atoms with Gasteiger partial charge in [-0.1, -0.05) is 17.8 Å². The quantitative estimate of drug-likeness (QED) is 0.405. The molecule has 1 rings (SSSR count). The average molecular weight is 312 g/mol.